The average molecular weight is 447 g/mol. The topological polar surface area (TPSA) is 29.1 Å². The Morgan fingerprint density at radius 3 is 2.46 bits per heavy atom. The molecule has 0 aliphatic rings. The minimum Gasteiger partial charge on any atom is -0.325 e. The molecule has 0 bridgehead atoms. The van der Waals surface area contributed by atoms with Gasteiger partial charge in [-0.05, 0) is 76.5 Å². The van der Waals surface area contributed by atoms with Crippen molar-refractivity contribution < 1.29 is 4.79 Å². The molecule has 1 amide bonds. The Labute approximate surface area is 160 Å². The molecule has 2 nitrogen and oxygen atoms in total. The second-order valence-corrected chi connectivity index (χ2v) is 7.99. The van der Waals surface area contributed by atoms with Gasteiger partial charge in [0, 0.05) is 14.2 Å². The van der Waals surface area contributed by atoms with Gasteiger partial charge >= 0.3 is 0 Å². The number of amides is 1. The summed E-state index contributed by atoms with van der Waals surface area (Å²) in [4.78, 5) is 13.5. The van der Waals surface area contributed by atoms with E-state index in [1.807, 2.05) is 32.0 Å². The molecule has 0 aromatic heterocycles. The quantitative estimate of drug-likeness (QED) is 0.405. The standard InChI is InChI=1S/C20H18INOS/c1-13-10-16(21)11-14(2)20(13)22-19(23)12-24-18-9-5-7-15-6-3-4-8-17(15)18/h3-11H,12H2,1-2H3,(H,22,23). The Balaban J connectivity index is 1.72. The Morgan fingerprint density at radius 2 is 1.71 bits per heavy atom. The van der Waals surface area contributed by atoms with Crippen LogP contribution < -0.4 is 5.32 Å². The van der Waals surface area contributed by atoms with Gasteiger partial charge < -0.3 is 5.32 Å². The molecule has 24 heavy (non-hydrogen) atoms. The molecule has 0 atom stereocenters. The van der Waals surface area contributed by atoms with Crippen LogP contribution in [0.25, 0.3) is 10.8 Å². The molecule has 4 heteroatoms. The van der Waals surface area contributed by atoms with Crippen LogP contribution >= 0.6 is 34.4 Å². The van der Waals surface area contributed by atoms with Gasteiger partial charge in [-0.25, -0.2) is 0 Å². The third kappa shape index (κ3) is 3.92. The number of thioether (sulfide) groups is 1. The highest BCUT2D eigenvalue weighted by Gasteiger charge is 2.10. The maximum atomic E-state index is 12.4. The van der Waals surface area contributed by atoms with Crippen molar-refractivity contribution >= 4 is 56.7 Å². The van der Waals surface area contributed by atoms with Crippen molar-refractivity contribution in [1.82, 2.24) is 0 Å². The van der Waals surface area contributed by atoms with E-state index in [0.717, 1.165) is 21.7 Å². The van der Waals surface area contributed by atoms with Gasteiger partial charge in [-0.3, -0.25) is 4.79 Å². The number of hydrogen-bond acceptors (Lipinski definition) is 2. The predicted octanol–water partition coefficient (Wildman–Crippen LogP) is 5.79. The van der Waals surface area contributed by atoms with E-state index in [1.54, 1.807) is 11.8 Å². The molecule has 0 saturated carbocycles. The molecule has 0 aliphatic carbocycles. The normalized spacial score (nSPS) is 10.8. The third-order valence-corrected chi connectivity index (χ3v) is 5.57. The summed E-state index contributed by atoms with van der Waals surface area (Å²) in [5.41, 5.74) is 3.13. The molecule has 0 spiro atoms. The van der Waals surface area contributed by atoms with E-state index in [0.29, 0.717) is 5.75 Å². The van der Waals surface area contributed by atoms with E-state index in [2.05, 4.69) is 64.3 Å². The van der Waals surface area contributed by atoms with Crippen molar-refractivity contribution in [3.05, 3.63) is 69.3 Å². The first-order valence-corrected chi connectivity index (χ1v) is 9.78. The lowest BCUT2D eigenvalue weighted by molar-refractivity contribution is -0.113. The Morgan fingerprint density at radius 1 is 1.04 bits per heavy atom. The Kier molecular flexibility index (Phi) is 5.46. The number of carbonyl (C=O) groups is 1. The van der Waals surface area contributed by atoms with Crippen LogP contribution in [0.15, 0.2) is 59.5 Å². The van der Waals surface area contributed by atoms with Gasteiger partial charge in [0.15, 0.2) is 0 Å². The highest BCUT2D eigenvalue weighted by Crippen LogP contribution is 2.28. The van der Waals surface area contributed by atoms with Gasteiger partial charge in [0.05, 0.1) is 5.75 Å². The van der Waals surface area contributed by atoms with Crippen molar-refractivity contribution in [3.63, 3.8) is 0 Å². The summed E-state index contributed by atoms with van der Waals surface area (Å²) in [5.74, 6) is 0.430. The molecule has 0 unspecified atom stereocenters. The van der Waals surface area contributed by atoms with Crippen molar-refractivity contribution in [2.24, 2.45) is 0 Å². The zero-order valence-electron chi connectivity index (χ0n) is 13.6. The van der Waals surface area contributed by atoms with E-state index in [9.17, 15) is 4.79 Å². The molecule has 3 aromatic carbocycles. The molecule has 1 N–H and O–H groups in total. The first-order chi connectivity index (χ1) is 11.5. The van der Waals surface area contributed by atoms with Gasteiger partial charge in [-0.1, -0.05) is 36.4 Å². The van der Waals surface area contributed by atoms with E-state index >= 15 is 0 Å². The number of anilines is 1. The van der Waals surface area contributed by atoms with Crippen molar-refractivity contribution in [2.45, 2.75) is 18.7 Å². The van der Waals surface area contributed by atoms with Crippen LogP contribution in [0.2, 0.25) is 0 Å². The summed E-state index contributed by atoms with van der Waals surface area (Å²) in [5, 5.41) is 5.46. The number of fused-ring (bicyclic) bond motifs is 1. The average Bonchev–Trinajstić information content (AvgIpc) is 2.56. The first kappa shape index (κ1) is 17.3. The fourth-order valence-corrected chi connectivity index (χ4v) is 4.56. The van der Waals surface area contributed by atoms with Gasteiger partial charge in [-0.15, -0.1) is 11.8 Å². The van der Waals surface area contributed by atoms with Crippen LogP contribution in [-0.4, -0.2) is 11.7 Å². The fourth-order valence-electron chi connectivity index (χ4n) is 2.75. The minimum atomic E-state index is 0.0281. The number of rotatable bonds is 4. The summed E-state index contributed by atoms with van der Waals surface area (Å²) < 4.78 is 1.19. The van der Waals surface area contributed by atoms with Gasteiger partial charge in [0.25, 0.3) is 0 Å². The van der Waals surface area contributed by atoms with Crippen molar-refractivity contribution in [3.8, 4) is 0 Å². The molecule has 3 rings (SSSR count). The molecule has 0 heterocycles. The number of nitrogens with one attached hydrogen (secondary N) is 1. The first-order valence-electron chi connectivity index (χ1n) is 7.72. The second kappa shape index (κ2) is 7.57. The van der Waals surface area contributed by atoms with Crippen LogP contribution in [0.5, 0.6) is 0 Å². The maximum Gasteiger partial charge on any atom is 0.234 e. The van der Waals surface area contributed by atoms with Crippen LogP contribution in [0.4, 0.5) is 5.69 Å². The molecule has 3 aromatic rings. The van der Waals surface area contributed by atoms with Crippen LogP contribution in [-0.2, 0) is 4.79 Å². The predicted molar refractivity (Wildman–Crippen MR) is 112 cm³/mol. The van der Waals surface area contributed by atoms with Gasteiger partial charge in [0.2, 0.25) is 5.91 Å². The zero-order valence-corrected chi connectivity index (χ0v) is 16.6. The summed E-state index contributed by atoms with van der Waals surface area (Å²) in [6, 6.07) is 18.6. The van der Waals surface area contributed by atoms with E-state index in [1.165, 1.54) is 14.3 Å². The smallest absolute Gasteiger partial charge is 0.234 e. The summed E-state index contributed by atoms with van der Waals surface area (Å²) >= 11 is 3.88. The van der Waals surface area contributed by atoms with E-state index in [4.69, 9.17) is 0 Å². The number of halogens is 1. The second-order valence-electron chi connectivity index (χ2n) is 5.73. The highest BCUT2D eigenvalue weighted by molar-refractivity contribution is 14.1. The van der Waals surface area contributed by atoms with Gasteiger partial charge in [0.1, 0.15) is 0 Å². The summed E-state index contributed by atoms with van der Waals surface area (Å²) in [7, 11) is 0. The number of benzene rings is 3. The molecule has 0 saturated heterocycles. The van der Waals surface area contributed by atoms with Gasteiger partial charge in [-0.2, -0.15) is 0 Å². The number of aryl methyl sites for hydroxylation is 2. The number of carbonyl (C=O) groups excluding carboxylic acids is 1. The lowest BCUT2D eigenvalue weighted by Crippen LogP contribution is -2.16. The highest BCUT2D eigenvalue weighted by atomic mass is 127. The summed E-state index contributed by atoms with van der Waals surface area (Å²) in [6.45, 7) is 4.06. The SMILES string of the molecule is Cc1cc(I)cc(C)c1NC(=O)CSc1cccc2ccccc12. The maximum absolute atomic E-state index is 12.4. The van der Waals surface area contributed by atoms with Crippen molar-refractivity contribution in [1.29, 1.82) is 0 Å². The molecule has 0 fully saturated rings. The molecule has 122 valence electrons. The number of hydrogen-bond donors (Lipinski definition) is 1. The zero-order chi connectivity index (χ0) is 17.1. The molecular weight excluding hydrogens is 429 g/mol. The lowest BCUT2D eigenvalue weighted by Gasteiger charge is -2.12. The van der Waals surface area contributed by atoms with Crippen LogP contribution in [0.1, 0.15) is 11.1 Å². The minimum absolute atomic E-state index is 0.0281. The summed E-state index contributed by atoms with van der Waals surface area (Å²) in [6.07, 6.45) is 0. The van der Waals surface area contributed by atoms with Crippen molar-refractivity contribution in [2.75, 3.05) is 11.1 Å². The third-order valence-electron chi connectivity index (χ3n) is 3.87. The Bertz CT molecular complexity index is 879. The lowest BCUT2D eigenvalue weighted by atomic mass is 10.1. The molecule has 0 aliphatic heterocycles. The van der Waals surface area contributed by atoms with E-state index in [-0.39, 0.29) is 5.91 Å². The van der Waals surface area contributed by atoms with E-state index < -0.39 is 0 Å². The monoisotopic (exact) mass is 447 g/mol. The Hall–Kier alpha value is -1.53. The fraction of sp³-hybridized carbons (Fsp3) is 0.150. The largest absolute Gasteiger partial charge is 0.325 e. The molecular formula is C20H18INOS. The van der Waals surface area contributed by atoms with Crippen LogP contribution in [0.3, 0.4) is 0 Å². The van der Waals surface area contributed by atoms with Crippen LogP contribution in [0, 0.1) is 17.4 Å². The molecule has 0 radical (unpaired) electrons.